The summed E-state index contributed by atoms with van der Waals surface area (Å²) < 4.78 is 0. The third-order valence-electron chi connectivity index (χ3n) is 2.24. The largest absolute Gasteiger partial charge is 0.401 e. The van der Waals surface area contributed by atoms with E-state index in [0.717, 1.165) is 23.4 Å². The van der Waals surface area contributed by atoms with Crippen molar-refractivity contribution in [2.45, 2.75) is 12.8 Å². The molecule has 62 valence electrons. The molecule has 12 heavy (non-hydrogen) atoms. The molecule has 0 atom stereocenters. The number of thiol groups is 1. The highest BCUT2D eigenvalue weighted by atomic mass is 32.1. The van der Waals surface area contributed by atoms with Crippen molar-refractivity contribution in [2.24, 2.45) is 5.73 Å². The molecule has 2 rings (SSSR count). The summed E-state index contributed by atoms with van der Waals surface area (Å²) in [5.74, 6) is 0. The van der Waals surface area contributed by atoms with Crippen molar-refractivity contribution in [1.82, 2.24) is 0 Å². The van der Waals surface area contributed by atoms with Crippen LogP contribution in [0.3, 0.4) is 0 Å². The second-order valence-corrected chi connectivity index (χ2v) is 3.48. The monoisotopic (exact) mass is 177 g/mol. The summed E-state index contributed by atoms with van der Waals surface area (Å²) in [6, 6.07) is 8.29. The van der Waals surface area contributed by atoms with E-state index in [1.54, 1.807) is 0 Å². The van der Waals surface area contributed by atoms with Crippen LogP contribution in [0.4, 0.5) is 0 Å². The van der Waals surface area contributed by atoms with E-state index < -0.39 is 0 Å². The van der Waals surface area contributed by atoms with E-state index >= 15 is 0 Å². The Morgan fingerprint density at radius 3 is 2.75 bits per heavy atom. The Hall–Kier alpha value is -0.890. The van der Waals surface area contributed by atoms with Gasteiger partial charge in [-0.15, -0.1) is 12.6 Å². The van der Waals surface area contributed by atoms with Crippen LogP contribution in [0.25, 0.3) is 4.91 Å². The van der Waals surface area contributed by atoms with E-state index in [0.29, 0.717) is 0 Å². The van der Waals surface area contributed by atoms with Crippen LogP contribution < -0.4 is 5.73 Å². The van der Waals surface area contributed by atoms with Crippen molar-refractivity contribution in [3.63, 3.8) is 0 Å². The average molecular weight is 177 g/mol. The zero-order valence-corrected chi connectivity index (χ0v) is 7.64. The van der Waals surface area contributed by atoms with Crippen molar-refractivity contribution < 1.29 is 0 Å². The Morgan fingerprint density at radius 1 is 1.17 bits per heavy atom. The maximum atomic E-state index is 5.80. The zero-order valence-electron chi connectivity index (χ0n) is 6.75. The normalized spacial score (nSPS) is 16.1. The first-order chi connectivity index (χ1) is 5.79. The maximum absolute atomic E-state index is 5.80. The minimum Gasteiger partial charge on any atom is -0.401 e. The Bertz CT molecular complexity index is 341. The molecule has 0 heterocycles. The molecule has 0 aliphatic heterocycles. The zero-order chi connectivity index (χ0) is 8.55. The molecule has 1 nitrogen and oxygen atoms in total. The molecule has 0 unspecified atom stereocenters. The number of hydrogen-bond donors (Lipinski definition) is 2. The quantitative estimate of drug-likeness (QED) is 0.584. The SMILES string of the molecule is NC1=C(S)c2ccccc2CC1. The first-order valence-corrected chi connectivity index (χ1v) is 4.49. The molecule has 1 aromatic carbocycles. The predicted molar refractivity (Wildman–Crippen MR) is 54.9 cm³/mol. The van der Waals surface area contributed by atoms with Gasteiger partial charge in [0, 0.05) is 10.6 Å². The van der Waals surface area contributed by atoms with E-state index in [9.17, 15) is 0 Å². The molecule has 2 heteroatoms. The van der Waals surface area contributed by atoms with Crippen molar-refractivity contribution >= 4 is 17.5 Å². The first kappa shape index (κ1) is 7.74. The molecule has 1 aliphatic carbocycles. The van der Waals surface area contributed by atoms with E-state index in [1.807, 2.05) is 6.07 Å². The van der Waals surface area contributed by atoms with Crippen LogP contribution in [-0.4, -0.2) is 0 Å². The summed E-state index contributed by atoms with van der Waals surface area (Å²) >= 11 is 4.39. The third-order valence-corrected chi connectivity index (χ3v) is 2.77. The maximum Gasteiger partial charge on any atom is 0.0304 e. The first-order valence-electron chi connectivity index (χ1n) is 4.05. The van der Waals surface area contributed by atoms with Gasteiger partial charge >= 0.3 is 0 Å². The van der Waals surface area contributed by atoms with Gasteiger partial charge in [0.2, 0.25) is 0 Å². The summed E-state index contributed by atoms with van der Waals surface area (Å²) in [5, 5.41) is 0. The molecule has 0 fully saturated rings. The van der Waals surface area contributed by atoms with Gasteiger partial charge in [-0.05, 0) is 24.0 Å². The molecule has 0 bridgehead atoms. The van der Waals surface area contributed by atoms with Gasteiger partial charge in [0.25, 0.3) is 0 Å². The fourth-order valence-corrected chi connectivity index (χ4v) is 1.86. The minimum atomic E-state index is 0.914. The second kappa shape index (κ2) is 2.87. The second-order valence-electron chi connectivity index (χ2n) is 3.03. The Kier molecular flexibility index (Phi) is 1.85. The average Bonchev–Trinajstić information content (AvgIpc) is 2.12. The molecular weight excluding hydrogens is 166 g/mol. The van der Waals surface area contributed by atoms with Gasteiger partial charge < -0.3 is 5.73 Å². The van der Waals surface area contributed by atoms with Crippen LogP contribution in [-0.2, 0) is 6.42 Å². The number of fused-ring (bicyclic) bond motifs is 1. The summed E-state index contributed by atoms with van der Waals surface area (Å²) in [5.41, 5.74) is 9.27. The van der Waals surface area contributed by atoms with Gasteiger partial charge in [-0.3, -0.25) is 0 Å². The molecule has 1 aliphatic rings. The van der Waals surface area contributed by atoms with Gasteiger partial charge in [0.1, 0.15) is 0 Å². The van der Waals surface area contributed by atoms with E-state index in [1.165, 1.54) is 11.1 Å². The van der Waals surface area contributed by atoms with E-state index in [4.69, 9.17) is 5.73 Å². The standard InChI is InChI=1S/C10H11NS/c11-9-6-5-7-3-1-2-4-8(7)10(9)12/h1-4,12H,5-6,11H2. The van der Waals surface area contributed by atoms with Crippen molar-refractivity contribution in [1.29, 1.82) is 0 Å². The number of hydrogen-bond acceptors (Lipinski definition) is 2. The van der Waals surface area contributed by atoms with Crippen LogP contribution >= 0.6 is 12.6 Å². The van der Waals surface area contributed by atoms with Crippen LogP contribution in [0.2, 0.25) is 0 Å². The number of rotatable bonds is 0. The van der Waals surface area contributed by atoms with Gasteiger partial charge in [0.15, 0.2) is 0 Å². The van der Waals surface area contributed by atoms with Crippen LogP contribution in [0.1, 0.15) is 17.5 Å². The topological polar surface area (TPSA) is 26.0 Å². The number of benzene rings is 1. The van der Waals surface area contributed by atoms with E-state index in [2.05, 4.69) is 30.8 Å². The lowest BCUT2D eigenvalue weighted by atomic mass is 9.95. The van der Waals surface area contributed by atoms with Crippen molar-refractivity contribution in [2.75, 3.05) is 0 Å². The highest BCUT2D eigenvalue weighted by Crippen LogP contribution is 2.30. The third kappa shape index (κ3) is 1.12. The lowest BCUT2D eigenvalue weighted by molar-refractivity contribution is 0.911. The molecule has 0 spiro atoms. The lowest BCUT2D eigenvalue weighted by Gasteiger charge is -2.17. The van der Waals surface area contributed by atoms with Gasteiger partial charge in [-0.1, -0.05) is 24.3 Å². The number of nitrogens with two attached hydrogens (primary N) is 1. The number of aryl methyl sites for hydroxylation is 1. The lowest BCUT2D eigenvalue weighted by Crippen LogP contribution is -2.08. The van der Waals surface area contributed by atoms with Crippen LogP contribution in [0.15, 0.2) is 30.0 Å². The molecule has 0 radical (unpaired) electrons. The Morgan fingerprint density at radius 2 is 1.92 bits per heavy atom. The molecule has 0 amide bonds. The summed E-state index contributed by atoms with van der Waals surface area (Å²) in [6.45, 7) is 0. The highest BCUT2D eigenvalue weighted by molar-refractivity contribution is 7.90. The molecule has 2 N–H and O–H groups in total. The molecule has 0 aromatic heterocycles. The minimum absolute atomic E-state index is 0.914. The highest BCUT2D eigenvalue weighted by Gasteiger charge is 2.12. The fraction of sp³-hybridized carbons (Fsp3) is 0.200. The predicted octanol–water partition coefficient (Wildman–Crippen LogP) is 2.19. The van der Waals surface area contributed by atoms with Crippen molar-refractivity contribution in [3.05, 3.63) is 41.1 Å². The summed E-state index contributed by atoms with van der Waals surface area (Å²) in [4.78, 5) is 0.955. The molecule has 1 aromatic rings. The van der Waals surface area contributed by atoms with Gasteiger partial charge in [0.05, 0.1) is 0 Å². The van der Waals surface area contributed by atoms with Gasteiger partial charge in [-0.25, -0.2) is 0 Å². The molecular formula is C10H11NS. The summed E-state index contributed by atoms with van der Waals surface area (Å²) in [6.07, 6.45) is 1.99. The van der Waals surface area contributed by atoms with Crippen LogP contribution in [0, 0.1) is 0 Å². The Balaban J connectivity index is 2.59. The smallest absolute Gasteiger partial charge is 0.0304 e. The fourth-order valence-electron chi connectivity index (χ4n) is 1.53. The van der Waals surface area contributed by atoms with Crippen LogP contribution in [0.5, 0.6) is 0 Å². The van der Waals surface area contributed by atoms with Gasteiger partial charge in [-0.2, -0.15) is 0 Å². The molecule has 0 saturated heterocycles. The summed E-state index contributed by atoms with van der Waals surface area (Å²) in [7, 11) is 0. The number of allylic oxidation sites excluding steroid dienone is 1. The van der Waals surface area contributed by atoms with E-state index in [-0.39, 0.29) is 0 Å². The molecule has 0 saturated carbocycles. The van der Waals surface area contributed by atoms with Crippen molar-refractivity contribution in [3.8, 4) is 0 Å². The Labute approximate surface area is 77.7 Å².